The van der Waals surface area contributed by atoms with Crippen molar-refractivity contribution in [1.29, 1.82) is 0 Å². The molecule has 37 nitrogen and oxygen atoms in total. The monoisotopic (exact) mass is 1950 g/mol. The van der Waals surface area contributed by atoms with Crippen molar-refractivity contribution in [3.8, 4) is 0 Å². The minimum absolute atomic E-state index is 0.00462. The molecular formula is C101H163N11O26. The Labute approximate surface area is 816 Å². The average Bonchev–Trinajstić information content (AvgIpc) is 1.51. The van der Waals surface area contributed by atoms with Crippen molar-refractivity contribution < 1.29 is 125 Å². The second-order valence-corrected chi connectivity index (χ2v) is 41.5. The summed E-state index contributed by atoms with van der Waals surface area (Å²) >= 11 is 0. The quantitative estimate of drug-likeness (QED) is 0.0114. The SMILES string of the molecule is C/C=C/C[C@@H](C)C(OC(=O)OCOC(=O)CCC(=O)OCCCCCCCCOC(=O)CCC(=O)OCC(=O)[C@@]1(O)CCC2C3CCC4=CC(=O)C=C[C@]4(C)C3[C@@H](O)C[C@@]21C)C1C(=O)NC(CC)C(=O)N(C)CC(=O)N(C)[C@@H](CC(C)C)C(=O)NC(C(C)C)C(=O)N(C)C(CC(C)C)C(=O)NC(C)C(=O)NC(C)C(=O)N(C)C(CC(C)C)C(=O)N(C)C(CC(C)C)C(=O)N(C)C(C(C)C)C(=O)N1C. The summed E-state index contributed by atoms with van der Waals surface area (Å²) in [6, 6.07) is -13.7. The molecule has 5 aliphatic rings. The van der Waals surface area contributed by atoms with E-state index in [-0.39, 0.29) is 125 Å². The number of fused-ring (bicyclic) bond motifs is 5. The molecule has 138 heavy (non-hydrogen) atoms. The van der Waals surface area contributed by atoms with Crippen LogP contribution in [0.5, 0.6) is 0 Å². The van der Waals surface area contributed by atoms with Crippen LogP contribution in [0.4, 0.5) is 4.79 Å². The first-order chi connectivity index (χ1) is 64.5. The Bertz CT molecular complexity index is 4350. The molecular weight excluding hydrogens is 1780 g/mol. The molecule has 19 atom stereocenters. The molecule has 11 amide bonds. The summed E-state index contributed by atoms with van der Waals surface area (Å²) in [6.07, 6.45) is 9.28. The molecule has 1 aliphatic heterocycles. The molecule has 4 fully saturated rings. The van der Waals surface area contributed by atoms with Crippen molar-refractivity contribution in [3.63, 3.8) is 0 Å². The molecule has 3 saturated carbocycles. The van der Waals surface area contributed by atoms with Gasteiger partial charge in [-0.05, 0) is 170 Å². The predicted octanol–water partition coefficient (Wildman–Crippen LogP) is 8.04. The summed E-state index contributed by atoms with van der Waals surface area (Å²) in [5.41, 5.74) is -2.34. The molecule has 778 valence electrons. The van der Waals surface area contributed by atoms with E-state index in [0.717, 1.165) is 38.0 Å². The number of aliphatic hydroxyl groups excluding tert-OH is 1. The number of aliphatic hydroxyl groups is 2. The van der Waals surface area contributed by atoms with Crippen LogP contribution in [0.15, 0.2) is 36.0 Å². The third-order valence-electron chi connectivity index (χ3n) is 28.3. The van der Waals surface area contributed by atoms with Gasteiger partial charge in [0, 0.05) is 66.1 Å². The van der Waals surface area contributed by atoms with E-state index < -0.39 is 240 Å². The summed E-state index contributed by atoms with van der Waals surface area (Å²) in [7, 11) is 9.48. The molecule has 0 bridgehead atoms. The highest BCUT2D eigenvalue weighted by molar-refractivity contribution is 6.02. The summed E-state index contributed by atoms with van der Waals surface area (Å²) in [5.74, 6) is -15.8. The van der Waals surface area contributed by atoms with Crippen LogP contribution in [-0.2, 0) is 110 Å². The number of carbonyl (C=O) groups is 18. The Balaban J connectivity index is 1.28. The molecule has 0 aromatic rings. The largest absolute Gasteiger partial charge is 0.511 e. The maximum atomic E-state index is 15.9. The number of ether oxygens (including phenoxy) is 6. The van der Waals surface area contributed by atoms with Gasteiger partial charge in [-0.15, -0.1) is 0 Å². The lowest BCUT2D eigenvalue weighted by atomic mass is 9.46. The van der Waals surface area contributed by atoms with Gasteiger partial charge in [0.15, 0.2) is 12.4 Å². The summed E-state index contributed by atoms with van der Waals surface area (Å²) in [5, 5.41) is 34.7. The van der Waals surface area contributed by atoms with Crippen LogP contribution >= 0.6 is 0 Å². The molecule has 0 aromatic carbocycles. The molecule has 6 N–H and O–H groups in total. The molecule has 13 unspecified atom stereocenters. The molecule has 5 rings (SSSR count). The fraction of sp³-hybridized carbons (Fsp3) is 0.762. The normalized spacial score (nSPS) is 28.1. The van der Waals surface area contributed by atoms with Gasteiger partial charge >= 0.3 is 30.0 Å². The second kappa shape index (κ2) is 54.0. The number of esters is 4. The van der Waals surface area contributed by atoms with Gasteiger partial charge in [0.25, 0.3) is 0 Å². The number of nitrogens with zero attached hydrogens (tertiary/aromatic N) is 7. The smallest absolute Gasteiger partial charge is 0.466 e. The maximum absolute atomic E-state index is 15.9. The van der Waals surface area contributed by atoms with Gasteiger partial charge in [-0.3, -0.25) is 81.5 Å². The van der Waals surface area contributed by atoms with Crippen molar-refractivity contribution in [2.45, 2.75) is 345 Å². The van der Waals surface area contributed by atoms with E-state index in [2.05, 4.69) is 21.3 Å². The number of unbranched alkanes of at least 4 members (excludes halogenated alkanes) is 5. The minimum Gasteiger partial charge on any atom is -0.466 e. The fourth-order valence-electron chi connectivity index (χ4n) is 20.2. The lowest BCUT2D eigenvalue weighted by Gasteiger charge is -2.59. The zero-order valence-corrected chi connectivity index (χ0v) is 86.8. The van der Waals surface area contributed by atoms with Gasteiger partial charge in [0.05, 0.1) is 51.5 Å². The van der Waals surface area contributed by atoms with Crippen LogP contribution in [-0.4, -0.2) is 312 Å². The number of Topliss-reactive ketones (excluding diaryl/α,β-unsaturated/α-hetero) is 1. The van der Waals surface area contributed by atoms with Crippen molar-refractivity contribution in [3.05, 3.63) is 36.0 Å². The van der Waals surface area contributed by atoms with E-state index in [1.807, 2.05) is 75.3 Å². The highest BCUT2D eigenvalue weighted by atomic mass is 16.8. The third kappa shape index (κ3) is 31.7. The first kappa shape index (κ1) is 118. The third-order valence-corrected chi connectivity index (χ3v) is 28.3. The lowest BCUT2D eigenvalue weighted by Crippen LogP contribution is -2.64. The number of allylic oxidation sites excluding steroid dienone is 6. The number of carbonyl (C=O) groups excluding carboxylic acids is 18. The van der Waals surface area contributed by atoms with Crippen LogP contribution in [0.1, 0.15) is 266 Å². The zero-order valence-electron chi connectivity index (χ0n) is 86.8. The molecule has 4 aliphatic carbocycles. The molecule has 0 aromatic heterocycles. The zero-order chi connectivity index (χ0) is 104. The van der Waals surface area contributed by atoms with Crippen molar-refractivity contribution >= 4 is 107 Å². The number of rotatable bonds is 36. The number of amides is 11. The van der Waals surface area contributed by atoms with Gasteiger partial charge < -0.3 is 94.2 Å². The molecule has 0 radical (unpaired) electrons. The number of likely N-dealkylation sites (N-methyl/N-ethyl adjacent to an activating group) is 7. The lowest BCUT2D eigenvalue weighted by molar-refractivity contribution is -0.181. The van der Waals surface area contributed by atoms with E-state index in [4.69, 9.17) is 28.4 Å². The van der Waals surface area contributed by atoms with Crippen LogP contribution in [0.25, 0.3) is 0 Å². The fourth-order valence-corrected chi connectivity index (χ4v) is 20.2. The Morgan fingerprint density at radius 1 is 0.522 bits per heavy atom. The highest BCUT2D eigenvalue weighted by Gasteiger charge is 2.68. The molecule has 37 heteroatoms. The Morgan fingerprint density at radius 3 is 1.52 bits per heavy atom. The van der Waals surface area contributed by atoms with E-state index in [1.54, 1.807) is 72.8 Å². The molecule has 0 spiro atoms. The molecule has 1 saturated heterocycles. The van der Waals surface area contributed by atoms with Crippen LogP contribution in [0.2, 0.25) is 0 Å². The Hall–Kier alpha value is -10.2. The average molecular weight is 1950 g/mol. The highest BCUT2D eigenvalue weighted by Crippen LogP contribution is 2.67. The second-order valence-electron chi connectivity index (χ2n) is 41.5. The maximum Gasteiger partial charge on any atom is 0.511 e. The van der Waals surface area contributed by atoms with Gasteiger partial charge in [-0.25, -0.2) is 4.79 Å². The van der Waals surface area contributed by atoms with E-state index in [1.165, 1.54) is 77.9 Å². The van der Waals surface area contributed by atoms with Gasteiger partial charge in [0.1, 0.15) is 72.1 Å². The van der Waals surface area contributed by atoms with E-state index in [0.29, 0.717) is 44.9 Å². The first-order valence-electron chi connectivity index (χ1n) is 49.5. The summed E-state index contributed by atoms with van der Waals surface area (Å²) in [4.78, 5) is 264. The van der Waals surface area contributed by atoms with E-state index in [9.17, 15) is 77.3 Å². The number of ketones is 2. The first-order valence-corrected chi connectivity index (χ1v) is 49.5. The molecule has 1 heterocycles. The topological polar surface area (TPSA) is 474 Å². The van der Waals surface area contributed by atoms with Crippen molar-refractivity contribution in [1.82, 2.24) is 55.6 Å². The standard InChI is InChI=1S/C101H163N11O26/c1-27-29-36-64(15)87(138-98(131)137-57-136-82(120)42-40-80(118)134-48-35-33-31-30-32-34-47-133-79(117)39-41-81(119)135-56-77(115)101(132)46-44-70-69-38-37-67-53-68(113)43-45-99(67,18)83(69)76(114)54-100(70,101)19)86-91(124)104-71(28-2)93(126)106(20)55-78(116)107(21)72(49-58(3)4)90(123)105-84(62(11)12)96(129)108(22)73(50-59(5)6)89(122)102-65(16)88(121)103-66(17)92(125)109(23)74(51-60(7)8)94(127)110(24)75(52-61(9)10)95(128)111(25)85(63(13)14)97(130)112(86)26/h27,29,43,45,53,58-66,69-76,83-87,114,132H,28,30-42,44,46-52,54-57H2,1-26H3,(H,102,122)(H,103,121)(H,104,124)(H,105,123)/b29-27+/t64-,65?,66?,69?,70?,71?,72+,73?,74?,75?,76+,83?,84?,85?,86?,87?,99+,100+,101+/m1/s1. The number of nitrogens with one attached hydrogen (secondary N) is 4. The van der Waals surface area contributed by atoms with Gasteiger partial charge in [-0.2, -0.15) is 0 Å². The summed E-state index contributed by atoms with van der Waals surface area (Å²) in [6.45, 7) is 30.6. The van der Waals surface area contributed by atoms with Crippen molar-refractivity contribution in [2.75, 3.05) is 82.5 Å². The van der Waals surface area contributed by atoms with Gasteiger partial charge in [-0.1, -0.05) is 160 Å². The Kier molecular flexibility index (Phi) is 46.3. The predicted molar refractivity (Wildman–Crippen MR) is 512 cm³/mol. The van der Waals surface area contributed by atoms with E-state index >= 15 is 19.2 Å². The summed E-state index contributed by atoms with van der Waals surface area (Å²) < 4.78 is 32.5. The Morgan fingerprint density at radius 2 is 1.00 bits per heavy atom. The number of hydrogen-bond acceptors (Lipinski definition) is 26. The van der Waals surface area contributed by atoms with Crippen LogP contribution in [0.3, 0.4) is 0 Å². The van der Waals surface area contributed by atoms with Gasteiger partial charge in [0.2, 0.25) is 77.6 Å². The number of hydrogen-bond donors (Lipinski definition) is 6. The minimum atomic E-state index is -1.91. The van der Waals surface area contributed by atoms with Crippen LogP contribution in [0, 0.1) is 70.0 Å². The van der Waals surface area contributed by atoms with Crippen LogP contribution < -0.4 is 21.3 Å². The van der Waals surface area contributed by atoms with Crippen molar-refractivity contribution in [2.24, 2.45) is 70.0 Å².